The van der Waals surface area contributed by atoms with Crippen LogP contribution >= 0.6 is 0 Å². The van der Waals surface area contributed by atoms with Gasteiger partial charge in [-0.2, -0.15) is 0 Å². The molecule has 0 aromatic carbocycles. The van der Waals surface area contributed by atoms with Gasteiger partial charge < -0.3 is 15.2 Å². The fourth-order valence-corrected chi connectivity index (χ4v) is 1.52. The molecule has 0 aliphatic carbocycles. The molecular formula is C10H18N2O4. The zero-order chi connectivity index (χ0) is 12.0. The fraction of sp³-hybridized carbons (Fsp3) is 0.800. The van der Waals surface area contributed by atoms with Crippen LogP contribution in [-0.2, 0) is 14.3 Å². The molecule has 1 unspecified atom stereocenters. The number of ether oxygens (including phenoxy) is 1. The van der Waals surface area contributed by atoms with Gasteiger partial charge in [0.15, 0.2) is 6.10 Å². The van der Waals surface area contributed by atoms with E-state index in [-0.39, 0.29) is 19.0 Å². The quantitative estimate of drug-likeness (QED) is 0.653. The molecular weight excluding hydrogens is 212 g/mol. The highest BCUT2D eigenvalue weighted by atomic mass is 16.5. The Morgan fingerprint density at radius 3 is 2.94 bits per heavy atom. The summed E-state index contributed by atoms with van der Waals surface area (Å²) in [7, 11) is 0. The third-order valence-electron chi connectivity index (χ3n) is 2.37. The number of hydrogen-bond donors (Lipinski definition) is 2. The van der Waals surface area contributed by atoms with E-state index in [0.717, 1.165) is 6.42 Å². The maximum Gasteiger partial charge on any atom is 0.334 e. The molecule has 1 amide bonds. The molecule has 1 heterocycles. The first-order valence-corrected chi connectivity index (χ1v) is 5.47. The van der Waals surface area contributed by atoms with Crippen LogP contribution < -0.4 is 5.32 Å². The number of nitrogens with one attached hydrogen (secondary N) is 1. The predicted octanol–water partition coefficient (Wildman–Crippen LogP) is -0.702. The second-order valence-corrected chi connectivity index (χ2v) is 3.78. The lowest BCUT2D eigenvalue weighted by atomic mass is 10.2. The van der Waals surface area contributed by atoms with Crippen molar-refractivity contribution in [1.29, 1.82) is 0 Å². The number of morpholine rings is 1. The molecule has 0 saturated carbocycles. The van der Waals surface area contributed by atoms with Gasteiger partial charge in [0.25, 0.3) is 0 Å². The summed E-state index contributed by atoms with van der Waals surface area (Å²) in [5.74, 6) is -1.04. The highest BCUT2D eigenvalue weighted by Gasteiger charge is 2.26. The van der Waals surface area contributed by atoms with Gasteiger partial charge >= 0.3 is 5.97 Å². The summed E-state index contributed by atoms with van der Waals surface area (Å²) in [4.78, 5) is 23.9. The van der Waals surface area contributed by atoms with Crippen LogP contribution in [0.2, 0.25) is 0 Å². The van der Waals surface area contributed by atoms with Gasteiger partial charge in [-0.25, -0.2) is 4.79 Å². The van der Waals surface area contributed by atoms with Crippen molar-refractivity contribution in [3.05, 3.63) is 0 Å². The molecule has 1 saturated heterocycles. The molecule has 16 heavy (non-hydrogen) atoms. The van der Waals surface area contributed by atoms with Crippen LogP contribution in [0.3, 0.4) is 0 Å². The summed E-state index contributed by atoms with van der Waals surface area (Å²) >= 11 is 0. The number of carbonyl (C=O) groups excluding carboxylic acids is 1. The fourth-order valence-electron chi connectivity index (χ4n) is 1.52. The van der Waals surface area contributed by atoms with E-state index in [9.17, 15) is 9.59 Å². The van der Waals surface area contributed by atoms with Crippen LogP contribution in [0.25, 0.3) is 0 Å². The summed E-state index contributed by atoms with van der Waals surface area (Å²) in [6.07, 6.45) is 0.0831. The zero-order valence-corrected chi connectivity index (χ0v) is 9.44. The average Bonchev–Trinajstić information content (AvgIpc) is 2.26. The minimum absolute atomic E-state index is 0.0621. The molecule has 0 aromatic rings. The summed E-state index contributed by atoms with van der Waals surface area (Å²) in [5.41, 5.74) is 0. The van der Waals surface area contributed by atoms with E-state index >= 15 is 0 Å². The number of aliphatic carboxylic acids is 1. The minimum Gasteiger partial charge on any atom is -0.479 e. The first kappa shape index (κ1) is 12.9. The smallest absolute Gasteiger partial charge is 0.334 e. The second kappa shape index (κ2) is 6.44. The summed E-state index contributed by atoms with van der Waals surface area (Å²) < 4.78 is 5.06. The van der Waals surface area contributed by atoms with E-state index in [1.807, 2.05) is 6.92 Å². The molecule has 0 radical (unpaired) electrons. The Hall–Kier alpha value is -1.14. The number of rotatable bonds is 5. The van der Waals surface area contributed by atoms with Crippen LogP contribution in [0.4, 0.5) is 0 Å². The molecule has 1 fully saturated rings. The third kappa shape index (κ3) is 4.16. The first-order valence-electron chi connectivity index (χ1n) is 5.47. The van der Waals surface area contributed by atoms with Gasteiger partial charge in [-0.3, -0.25) is 9.69 Å². The molecule has 1 rings (SSSR count). The van der Waals surface area contributed by atoms with Crippen LogP contribution in [0.5, 0.6) is 0 Å². The number of hydrogen-bond acceptors (Lipinski definition) is 4. The summed E-state index contributed by atoms with van der Waals surface area (Å²) in [6.45, 7) is 4.12. The summed E-state index contributed by atoms with van der Waals surface area (Å²) in [5, 5.41) is 11.5. The van der Waals surface area contributed by atoms with Crippen molar-refractivity contribution in [2.45, 2.75) is 19.4 Å². The van der Waals surface area contributed by atoms with Gasteiger partial charge in [0.1, 0.15) is 0 Å². The van der Waals surface area contributed by atoms with E-state index in [1.54, 1.807) is 4.90 Å². The Morgan fingerprint density at radius 2 is 2.31 bits per heavy atom. The summed E-state index contributed by atoms with van der Waals surface area (Å²) in [6, 6.07) is 0. The van der Waals surface area contributed by atoms with E-state index < -0.39 is 12.1 Å². The van der Waals surface area contributed by atoms with Gasteiger partial charge in [-0.1, -0.05) is 6.92 Å². The molecule has 1 aliphatic rings. The minimum atomic E-state index is -0.973. The number of carboxylic acid groups (broad SMARTS) is 1. The first-order chi connectivity index (χ1) is 7.63. The number of amides is 1. The van der Waals surface area contributed by atoms with Crippen LogP contribution in [-0.4, -0.2) is 60.8 Å². The highest BCUT2D eigenvalue weighted by molar-refractivity contribution is 5.78. The van der Waals surface area contributed by atoms with Crippen molar-refractivity contribution < 1.29 is 19.4 Å². The Morgan fingerprint density at radius 1 is 1.56 bits per heavy atom. The molecule has 1 aliphatic heterocycles. The van der Waals surface area contributed by atoms with Crippen molar-refractivity contribution in [2.24, 2.45) is 0 Å². The SMILES string of the molecule is CCCNC(=O)CN1CCOC(C(=O)O)C1. The molecule has 1 atom stereocenters. The van der Waals surface area contributed by atoms with E-state index in [2.05, 4.69) is 5.32 Å². The van der Waals surface area contributed by atoms with Gasteiger partial charge in [0.2, 0.25) is 5.91 Å². The van der Waals surface area contributed by atoms with Gasteiger partial charge in [-0.05, 0) is 6.42 Å². The highest BCUT2D eigenvalue weighted by Crippen LogP contribution is 2.04. The monoisotopic (exact) mass is 230 g/mol. The lowest BCUT2D eigenvalue weighted by Crippen LogP contribution is -2.49. The number of carboxylic acids is 1. The molecule has 92 valence electrons. The van der Waals surface area contributed by atoms with Crippen molar-refractivity contribution in [3.63, 3.8) is 0 Å². The van der Waals surface area contributed by atoms with E-state index in [4.69, 9.17) is 9.84 Å². The standard InChI is InChI=1S/C10H18N2O4/c1-2-3-11-9(13)7-12-4-5-16-8(6-12)10(14)15/h8H,2-7H2,1H3,(H,11,13)(H,14,15). The van der Waals surface area contributed by atoms with Gasteiger partial charge in [0, 0.05) is 19.6 Å². The second-order valence-electron chi connectivity index (χ2n) is 3.78. The molecule has 6 nitrogen and oxygen atoms in total. The Labute approximate surface area is 94.6 Å². The Balaban J connectivity index is 2.31. The van der Waals surface area contributed by atoms with Crippen LogP contribution in [0.15, 0.2) is 0 Å². The molecule has 0 spiro atoms. The Bertz CT molecular complexity index is 257. The van der Waals surface area contributed by atoms with E-state index in [0.29, 0.717) is 19.7 Å². The molecule has 0 bridgehead atoms. The average molecular weight is 230 g/mol. The van der Waals surface area contributed by atoms with Crippen LogP contribution in [0, 0.1) is 0 Å². The van der Waals surface area contributed by atoms with Crippen molar-refractivity contribution in [1.82, 2.24) is 10.2 Å². The largest absolute Gasteiger partial charge is 0.479 e. The van der Waals surface area contributed by atoms with Crippen molar-refractivity contribution >= 4 is 11.9 Å². The van der Waals surface area contributed by atoms with Gasteiger partial charge in [-0.15, -0.1) is 0 Å². The van der Waals surface area contributed by atoms with Crippen molar-refractivity contribution in [2.75, 3.05) is 32.8 Å². The lowest BCUT2D eigenvalue weighted by Gasteiger charge is -2.30. The van der Waals surface area contributed by atoms with E-state index in [1.165, 1.54) is 0 Å². The predicted molar refractivity (Wildman–Crippen MR) is 57.1 cm³/mol. The third-order valence-corrected chi connectivity index (χ3v) is 2.37. The molecule has 6 heteroatoms. The molecule has 2 N–H and O–H groups in total. The van der Waals surface area contributed by atoms with Crippen molar-refractivity contribution in [3.8, 4) is 0 Å². The topological polar surface area (TPSA) is 78.9 Å². The van der Waals surface area contributed by atoms with Gasteiger partial charge in [0.05, 0.1) is 13.2 Å². The molecule has 0 aromatic heterocycles. The maximum absolute atomic E-state index is 11.4. The number of nitrogens with zero attached hydrogens (tertiary/aromatic N) is 1. The van der Waals surface area contributed by atoms with Crippen LogP contribution in [0.1, 0.15) is 13.3 Å². The zero-order valence-electron chi connectivity index (χ0n) is 9.44. The normalized spacial score (nSPS) is 21.7. The lowest BCUT2D eigenvalue weighted by molar-refractivity contribution is -0.156. The number of carbonyl (C=O) groups is 2. The Kier molecular flexibility index (Phi) is 5.21. The maximum atomic E-state index is 11.4.